The number of aromatic nitrogens is 2. The minimum Gasteiger partial charge on any atom is -0.378 e. The molecule has 0 aromatic carbocycles. The van der Waals surface area contributed by atoms with Crippen LogP contribution >= 0.6 is 0 Å². The van der Waals surface area contributed by atoms with Gasteiger partial charge in [-0.2, -0.15) is 0 Å². The number of hydrogen-bond acceptors (Lipinski definition) is 4. The number of nitrogens with zero attached hydrogens (tertiary/aromatic N) is 3. The molecule has 6 heteroatoms. The molecule has 1 amide bonds. The molecule has 0 radical (unpaired) electrons. The van der Waals surface area contributed by atoms with E-state index in [1.54, 1.807) is 0 Å². The third kappa shape index (κ3) is 1.64. The lowest BCUT2D eigenvalue weighted by Crippen LogP contribution is -2.50. The van der Waals surface area contributed by atoms with Crippen LogP contribution in [-0.2, 0) is 24.8 Å². The molecule has 1 aromatic heterocycles. The normalized spacial score (nSPS) is 21.0. The second kappa shape index (κ2) is 3.82. The van der Waals surface area contributed by atoms with Crippen molar-refractivity contribution in [1.29, 1.82) is 0 Å². The second-order valence-corrected chi connectivity index (χ2v) is 4.66. The monoisotopic (exact) mass is 236 g/mol. The van der Waals surface area contributed by atoms with E-state index < -0.39 is 5.91 Å². The minimum absolute atomic E-state index is 0.363. The van der Waals surface area contributed by atoms with Crippen LogP contribution in [0.5, 0.6) is 0 Å². The number of amides is 1. The van der Waals surface area contributed by atoms with Crippen molar-refractivity contribution in [1.82, 2.24) is 14.5 Å². The van der Waals surface area contributed by atoms with Crippen LogP contribution in [0.25, 0.3) is 0 Å². The van der Waals surface area contributed by atoms with E-state index in [4.69, 9.17) is 10.5 Å². The number of ether oxygens (including phenoxy) is 1. The summed E-state index contributed by atoms with van der Waals surface area (Å²) in [4.78, 5) is 17.9. The number of imidazole rings is 1. The van der Waals surface area contributed by atoms with E-state index >= 15 is 0 Å². The molecule has 0 bridgehead atoms. The molecular formula is C11H16N4O2. The predicted molar refractivity (Wildman–Crippen MR) is 60.4 cm³/mol. The summed E-state index contributed by atoms with van der Waals surface area (Å²) in [6.45, 7) is 3.42. The average Bonchev–Trinajstić information content (AvgIpc) is 2.53. The van der Waals surface area contributed by atoms with Gasteiger partial charge in [-0.25, -0.2) is 4.98 Å². The zero-order valence-electron chi connectivity index (χ0n) is 9.85. The van der Waals surface area contributed by atoms with Gasteiger partial charge >= 0.3 is 0 Å². The Balaban J connectivity index is 1.86. The lowest BCUT2D eigenvalue weighted by molar-refractivity contribution is -0.0700. The van der Waals surface area contributed by atoms with Gasteiger partial charge in [0.2, 0.25) is 0 Å². The van der Waals surface area contributed by atoms with E-state index in [-0.39, 0.29) is 0 Å². The summed E-state index contributed by atoms with van der Waals surface area (Å²) < 4.78 is 7.03. The average molecular weight is 236 g/mol. The molecule has 2 N–H and O–H groups in total. The zero-order chi connectivity index (χ0) is 12.0. The molecule has 3 heterocycles. The Labute approximate surface area is 99.4 Å². The van der Waals surface area contributed by atoms with Gasteiger partial charge in [0.25, 0.3) is 5.91 Å². The van der Waals surface area contributed by atoms with E-state index in [1.165, 1.54) is 0 Å². The number of nitrogens with two attached hydrogens (primary N) is 1. The predicted octanol–water partition coefficient (Wildman–Crippen LogP) is -0.724. The maximum atomic E-state index is 11.2. The van der Waals surface area contributed by atoms with Gasteiger partial charge in [-0.05, 0) is 0 Å². The number of carbonyl (C=O) groups excluding carboxylic acids is 1. The Bertz CT molecular complexity index is 464. The van der Waals surface area contributed by atoms with Gasteiger partial charge in [-0.1, -0.05) is 0 Å². The molecular weight excluding hydrogens is 220 g/mol. The third-order valence-electron chi connectivity index (χ3n) is 3.64. The fourth-order valence-corrected chi connectivity index (χ4v) is 2.51. The van der Waals surface area contributed by atoms with Gasteiger partial charge in [-0.3, -0.25) is 9.69 Å². The first-order valence-electron chi connectivity index (χ1n) is 5.83. The molecule has 2 aliphatic rings. The van der Waals surface area contributed by atoms with Crippen molar-refractivity contribution in [2.75, 3.05) is 19.8 Å². The Morgan fingerprint density at radius 1 is 1.53 bits per heavy atom. The van der Waals surface area contributed by atoms with E-state index in [9.17, 15) is 4.79 Å². The summed E-state index contributed by atoms with van der Waals surface area (Å²) in [6.07, 6.45) is 0.919. The summed E-state index contributed by atoms with van der Waals surface area (Å²) in [6, 6.07) is 0.516. The fraction of sp³-hybridized carbons (Fsp3) is 0.636. The number of fused-ring (bicyclic) bond motifs is 1. The molecule has 0 aliphatic carbocycles. The van der Waals surface area contributed by atoms with Gasteiger partial charge in [0, 0.05) is 32.3 Å². The molecule has 1 saturated heterocycles. The van der Waals surface area contributed by atoms with E-state index in [0.717, 1.165) is 44.1 Å². The van der Waals surface area contributed by atoms with Crippen molar-refractivity contribution >= 4 is 5.91 Å². The van der Waals surface area contributed by atoms with Crippen LogP contribution in [0.1, 0.15) is 22.0 Å². The van der Waals surface area contributed by atoms with Gasteiger partial charge in [0.05, 0.1) is 24.9 Å². The minimum atomic E-state index is -0.458. The highest BCUT2D eigenvalue weighted by Crippen LogP contribution is 2.23. The quantitative estimate of drug-likeness (QED) is 0.735. The summed E-state index contributed by atoms with van der Waals surface area (Å²) >= 11 is 0. The van der Waals surface area contributed by atoms with Crippen LogP contribution in [0, 0.1) is 0 Å². The number of primary amides is 1. The highest BCUT2D eigenvalue weighted by molar-refractivity contribution is 5.89. The maximum absolute atomic E-state index is 11.2. The van der Waals surface area contributed by atoms with Gasteiger partial charge in [0.1, 0.15) is 0 Å². The molecule has 92 valence electrons. The van der Waals surface area contributed by atoms with Gasteiger partial charge < -0.3 is 15.0 Å². The Kier molecular flexibility index (Phi) is 2.41. The summed E-state index contributed by atoms with van der Waals surface area (Å²) in [5.74, 6) is -0.0952. The summed E-state index contributed by atoms with van der Waals surface area (Å²) in [5, 5.41) is 0. The maximum Gasteiger partial charge on any atom is 0.284 e. The smallest absolute Gasteiger partial charge is 0.284 e. The van der Waals surface area contributed by atoms with E-state index in [2.05, 4.69) is 9.88 Å². The first kappa shape index (κ1) is 10.7. The molecule has 17 heavy (non-hydrogen) atoms. The Hall–Kier alpha value is -1.40. The lowest BCUT2D eigenvalue weighted by atomic mass is 10.1. The molecule has 6 nitrogen and oxygen atoms in total. The Morgan fingerprint density at radius 2 is 2.29 bits per heavy atom. The highest BCUT2D eigenvalue weighted by atomic mass is 16.5. The molecule has 0 atom stereocenters. The number of carbonyl (C=O) groups is 1. The first-order chi connectivity index (χ1) is 8.16. The Morgan fingerprint density at radius 3 is 2.88 bits per heavy atom. The van der Waals surface area contributed by atoms with Crippen molar-refractivity contribution in [3.05, 3.63) is 17.2 Å². The second-order valence-electron chi connectivity index (χ2n) is 4.66. The van der Waals surface area contributed by atoms with Crippen LogP contribution < -0.4 is 5.73 Å². The third-order valence-corrected chi connectivity index (χ3v) is 3.64. The number of hydrogen-bond donors (Lipinski definition) is 1. The fourth-order valence-electron chi connectivity index (χ4n) is 2.51. The van der Waals surface area contributed by atoms with Gasteiger partial charge in [0.15, 0.2) is 5.82 Å². The standard InChI is InChI=1S/C11H16N4O2/c1-14-9-2-3-15(7-5-17-6-7)4-8(9)13-11(14)10(12)16/h7H,2-6H2,1H3,(H2,12,16). The van der Waals surface area contributed by atoms with Crippen molar-refractivity contribution in [3.63, 3.8) is 0 Å². The molecule has 0 spiro atoms. The SMILES string of the molecule is Cn1c(C(N)=O)nc2c1CCN(C1COC1)C2. The molecule has 2 aliphatic heterocycles. The lowest BCUT2D eigenvalue weighted by Gasteiger charge is -2.39. The van der Waals surface area contributed by atoms with E-state index in [1.807, 2.05) is 11.6 Å². The molecule has 0 saturated carbocycles. The van der Waals surface area contributed by atoms with Crippen LogP contribution in [0.3, 0.4) is 0 Å². The van der Waals surface area contributed by atoms with Gasteiger partial charge in [-0.15, -0.1) is 0 Å². The molecule has 3 rings (SSSR count). The van der Waals surface area contributed by atoms with Crippen LogP contribution in [0.4, 0.5) is 0 Å². The summed E-state index contributed by atoms with van der Waals surface area (Å²) in [7, 11) is 1.86. The molecule has 1 fully saturated rings. The zero-order valence-corrected chi connectivity index (χ0v) is 9.85. The van der Waals surface area contributed by atoms with E-state index in [0.29, 0.717) is 11.9 Å². The van der Waals surface area contributed by atoms with Crippen molar-refractivity contribution in [2.45, 2.75) is 19.0 Å². The topological polar surface area (TPSA) is 73.4 Å². The largest absolute Gasteiger partial charge is 0.378 e. The van der Waals surface area contributed by atoms with Crippen LogP contribution in [-0.4, -0.2) is 46.2 Å². The first-order valence-corrected chi connectivity index (χ1v) is 5.83. The highest BCUT2D eigenvalue weighted by Gasteiger charge is 2.31. The van der Waals surface area contributed by atoms with Crippen molar-refractivity contribution < 1.29 is 9.53 Å². The summed E-state index contributed by atoms with van der Waals surface area (Å²) in [5.41, 5.74) is 7.42. The molecule has 0 unspecified atom stereocenters. The number of rotatable bonds is 2. The van der Waals surface area contributed by atoms with Crippen LogP contribution in [0.2, 0.25) is 0 Å². The van der Waals surface area contributed by atoms with Crippen LogP contribution in [0.15, 0.2) is 0 Å². The van der Waals surface area contributed by atoms with Crippen molar-refractivity contribution in [2.24, 2.45) is 12.8 Å². The molecule has 1 aromatic rings. The van der Waals surface area contributed by atoms with Crippen molar-refractivity contribution in [3.8, 4) is 0 Å².